The van der Waals surface area contributed by atoms with Crippen LogP contribution in [0, 0.1) is 13.8 Å². The van der Waals surface area contributed by atoms with Crippen molar-refractivity contribution in [1.82, 2.24) is 15.1 Å². The van der Waals surface area contributed by atoms with Gasteiger partial charge in [-0.2, -0.15) is 20.5 Å². The zero-order chi connectivity index (χ0) is 52.8. The number of carbonyl (C=O) groups excluding carboxylic acids is 6. The molecular formula is C58H53N9O8. The minimum absolute atomic E-state index is 0.0505. The number of fused-ring (bicyclic) bond motifs is 3. The van der Waals surface area contributed by atoms with Crippen LogP contribution in [0.4, 0.5) is 34.1 Å². The summed E-state index contributed by atoms with van der Waals surface area (Å²) in [4.78, 5) is 80.1. The van der Waals surface area contributed by atoms with Crippen LogP contribution in [-0.4, -0.2) is 108 Å². The Kier molecular flexibility index (Phi) is 16.9. The van der Waals surface area contributed by atoms with Crippen molar-refractivity contribution in [3.63, 3.8) is 0 Å². The number of hydrogen-bond donors (Lipinski definition) is 3. The number of hydrogen-bond acceptors (Lipinski definition) is 14. The van der Waals surface area contributed by atoms with E-state index < -0.39 is 0 Å². The van der Waals surface area contributed by atoms with Crippen molar-refractivity contribution in [1.29, 1.82) is 0 Å². The SMILES string of the molecule is Cc1ccc(N=Nc2ccc(N(CCN3C(=O)c4ccccc4C3=O)CCN3C(=O)c4ccccc4C3=O)cc2)cc1.Cc1ccc(N=Nc2ccc(N(CCO)CCO)cc2)cc1.O=C1NC(=O)c2ccccc21. The van der Waals surface area contributed by atoms with Crippen molar-refractivity contribution in [2.75, 3.05) is 62.3 Å². The standard InChI is InChI=1S/C33H27N5O4.C17H21N3O2.C8H5NO2/c1-22-10-12-23(13-11-22)34-35-24-14-16-25(17-15-24)36(18-20-37-30(39)26-6-2-3-7-27(26)31(37)40)19-21-38-32(41)28-8-4-5-9-29(28)33(38)42;1-14-2-4-15(5-3-14)18-19-16-6-8-17(9-7-16)20(10-12-21)11-13-22;10-7-5-3-1-2-4-6(5)8(11)9-7/h2-17H,18-21H2,1H3;2-9,21-22H,10-13H2,1H3;1-4H,(H,9,10,11). The van der Waals surface area contributed by atoms with Gasteiger partial charge in [0.25, 0.3) is 35.4 Å². The quantitative estimate of drug-likeness (QED) is 0.0615. The summed E-state index contributed by atoms with van der Waals surface area (Å²) in [5.74, 6) is -1.92. The molecule has 0 aromatic heterocycles. The Hall–Kier alpha value is -9.32. The van der Waals surface area contributed by atoms with Gasteiger partial charge >= 0.3 is 0 Å². The minimum Gasteiger partial charge on any atom is -0.395 e. The van der Waals surface area contributed by atoms with Crippen molar-refractivity contribution < 1.29 is 39.0 Å². The maximum atomic E-state index is 13.0. The number of imide groups is 3. The van der Waals surface area contributed by atoms with Crippen molar-refractivity contribution >= 4 is 69.6 Å². The van der Waals surface area contributed by atoms with Gasteiger partial charge in [0.15, 0.2) is 0 Å². The van der Waals surface area contributed by atoms with Gasteiger partial charge in [0.1, 0.15) is 0 Å². The molecule has 0 saturated heterocycles. The number of rotatable bonds is 16. The lowest BCUT2D eigenvalue weighted by Gasteiger charge is -2.28. The third kappa shape index (κ3) is 12.7. The second-order valence-corrected chi connectivity index (χ2v) is 17.5. The van der Waals surface area contributed by atoms with E-state index in [-0.39, 0.29) is 61.7 Å². The van der Waals surface area contributed by atoms with Gasteiger partial charge in [-0.25, -0.2) is 0 Å². The second kappa shape index (κ2) is 24.4. The molecule has 3 aliphatic rings. The molecule has 3 heterocycles. The minimum atomic E-state index is -0.331. The molecule has 10 rings (SSSR count). The monoisotopic (exact) mass is 1000 g/mol. The largest absolute Gasteiger partial charge is 0.395 e. The van der Waals surface area contributed by atoms with Crippen molar-refractivity contribution in [3.8, 4) is 0 Å². The summed E-state index contributed by atoms with van der Waals surface area (Å²) in [6, 6.07) is 50.8. The third-order valence-corrected chi connectivity index (χ3v) is 12.4. The molecule has 378 valence electrons. The predicted molar refractivity (Wildman–Crippen MR) is 284 cm³/mol. The fraction of sp³-hybridized carbons (Fsp3) is 0.172. The first-order valence-corrected chi connectivity index (χ1v) is 24.2. The van der Waals surface area contributed by atoms with Gasteiger partial charge < -0.3 is 20.0 Å². The molecule has 0 spiro atoms. The summed E-state index contributed by atoms with van der Waals surface area (Å²) in [6.07, 6.45) is 0. The Morgan fingerprint density at radius 2 is 0.640 bits per heavy atom. The molecular weight excluding hydrogens is 951 g/mol. The molecule has 0 fully saturated rings. The van der Waals surface area contributed by atoms with E-state index in [0.717, 1.165) is 34.0 Å². The van der Waals surface area contributed by atoms with Gasteiger partial charge in [-0.3, -0.25) is 43.9 Å². The summed E-state index contributed by atoms with van der Waals surface area (Å²) in [5, 5.41) is 37.3. The highest BCUT2D eigenvalue weighted by Gasteiger charge is 2.37. The molecule has 0 radical (unpaired) electrons. The van der Waals surface area contributed by atoms with Crippen LogP contribution in [0.3, 0.4) is 0 Å². The van der Waals surface area contributed by atoms with E-state index in [2.05, 4.69) is 25.8 Å². The number of nitrogens with zero attached hydrogens (tertiary/aromatic N) is 8. The number of carbonyl (C=O) groups is 6. The van der Waals surface area contributed by atoms with Crippen LogP contribution in [0.2, 0.25) is 0 Å². The third-order valence-electron chi connectivity index (χ3n) is 12.4. The first kappa shape index (κ1) is 52.0. The maximum Gasteiger partial charge on any atom is 0.261 e. The van der Waals surface area contributed by atoms with E-state index in [9.17, 15) is 28.8 Å². The smallest absolute Gasteiger partial charge is 0.261 e. The van der Waals surface area contributed by atoms with Crippen molar-refractivity contribution in [2.24, 2.45) is 20.5 Å². The number of aryl methyl sites for hydroxylation is 2. The average Bonchev–Trinajstić information content (AvgIpc) is 3.98. The van der Waals surface area contributed by atoms with Crippen LogP contribution in [0.5, 0.6) is 0 Å². The maximum absolute atomic E-state index is 13.0. The molecule has 3 aliphatic heterocycles. The van der Waals surface area contributed by atoms with E-state index in [0.29, 0.717) is 65.2 Å². The van der Waals surface area contributed by atoms with E-state index in [4.69, 9.17) is 10.2 Å². The van der Waals surface area contributed by atoms with Crippen LogP contribution in [0.1, 0.15) is 73.3 Å². The predicted octanol–water partition coefficient (Wildman–Crippen LogP) is 9.58. The zero-order valence-corrected chi connectivity index (χ0v) is 41.2. The normalized spacial score (nSPS) is 13.3. The molecule has 0 aliphatic carbocycles. The van der Waals surface area contributed by atoms with Gasteiger partial charge in [-0.05, 0) is 123 Å². The Morgan fingerprint density at radius 1 is 0.373 bits per heavy atom. The molecule has 3 N–H and O–H groups in total. The van der Waals surface area contributed by atoms with Crippen molar-refractivity contribution in [2.45, 2.75) is 13.8 Å². The fourth-order valence-corrected chi connectivity index (χ4v) is 8.34. The summed E-state index contributed by atoms with van der Waals surface area (Å²) in [7, 11) is 0. The Morgan fingerprint density at radius 3 is 0.933 bits per heavy atom. The topological polar surface area (TPSA) is 217 Å². The molecule has 0 atom stereocenters. The molecule has 0 saturated carbocycles. The van der Waals surface area contributed by atoms with E-state index in [1.807, 2.05) is 121 Å². The van der Waals surface area contributed by atoms with E-state index in [1.165, 1.54) is 15.4 Å². The molecule has 17 heteroatoms. The summed E-state index contributed by atoms with van der Waals surface area (Å²) in [5.41, 5.74) is 9.54. The van der Waals surface area contributed by atoms with Gasteiger partial charge in [-0.15, -0.1) is 0 Å². The summed E-state index contributed by atoms with van der Waals surface area (Å²) >= 11 is 0. The van der Waals surface area contributed by atoms with Crippen LogP contribution < -0.4 is 15.1 Å². The average molecular weight is 1000 g/mol. The lowest BCUT2D eigenvalue weighted by molar-refractivity contribution is 0.0650. The van der Waals surface area contributed by atoms with Crippen LogP contribution in [0.25, 0.3) is 0 Å². The van der Waals surface area contributed by atoms with E-state index >= 15 is 0 Å². The Bertz CT molecular complexity index is 3080. The molecule has 75 heavy (non-hydrogen) atoms. The van der Waals surface area contributed by atoms with Crippen LogP contribution >= 0.6 is 0 Å². The van der Waals surface area contributed by atoms with Gasteiger partial charge in [-0.1, -0.05) is 71.8 Å². The van der Waals surface area contributed by atoms with Gasteiger partial charge in [0.05, 0.1) is 69.3 Å². The first-order valence-electron chi connectivity index (χ1n) is 24.2. The van der Waals surface area contributed by atoms with E-state index in [1.54, 1.807) is 72.8 Å². The number of amides is 6. The van der Waals surface area contributed by atoms with Crippen LogP contribution in [-0.2, 0) is 0 Å². The molecule has 0 bridgehead atoms. The molecule has 17 nitrogen and oxygen atoms in total. The van der Waals surface area contributed by atoms with Crippen LogP contribution in [0.15, 0.2) is 190 Å². The first-order chi connectivity index (χ1) is 36.4. The Balaban J connectivity index is 0.000000186. The van der Waals surface area contributed by atoms with Gasteiger partial charge in [0.2, 0.25) is 0 Å². The molecule has 6 amide bonds. The lowest BCUT2D eigenvalue weighted by Crippen LogP contribution is -2.42. The van der Waals surface area contributed by atoms with Crippen molar-refractivity contribution in [3.05, 3.63) is 214 Å². The highest BCUT2D eigenvalue weighted by molar-refractivity contribution is 6.22. The number of nitrogens with one attached hydrogen (secondary N) is 1. The molecule has 7 aromatic carbocycles. The number of anilines is 2. The number of aliphatic hydroxyl groups is 2. The highest BCUT2D eigenvalue weighted by Crippen LogP contribution is 2.28. The summed E-state index contributed by atoms with van der Waals surface area (Å²) in [6.45, 7) is 6.02. The lowest BCUT2D eigenvalue weighted by atomic mass is 10.1. The zero-order valence-electron chi connectivity index (χ0n) is 41.2. The molecule has 0 unspecified atom stereocenters. The highest BCUT2D eigenvalue weighted by atomic mass is 16.3. The Labute approximate surface area is 433 Å². The number of aliphatic hydroxyl groups excluding tert-OH is 2. The summed E-state index contributed by atoms with van der Waals surface area (Å²) < 4.78 is 0. The second-order valence-electron chi connectivity index (χ2n) is 17.5. The fourth-order valence-electron chi connectivity index (χ4n) is 8.34. The number of benzene rings is 7. The van der Waals surface area contributed by atoms with Gasteiger partial charge in [0, 0.05) is 50.6 Å². The molecule has 7 aromatic rings. The number of azo groups is 2.